The van der Waals surface area contributed by atoms with Crippen molar-refractivity contribution in [1.82, 2.24) is 14.5 Å². The van der Waals surface area contributed by atoms with E-state index >= 15 is 0 Å². The first kappa shape index (κ1) is 12.0. The third-order valence-electron chi connectivity index (χ3n) is 2.69. The molecule has 92 valence electrons. The molecule has 0 aliphatic rings. The van der Waals surface area contributed by atoms with E-state index in [0.717, 1.165) is 36.4 Å². The monoisotopic (exact) mass is 233 g/mol. The number of aliphatic hydroxyl groups is 1. The molecule has 17 heavy (non-hydrogen) atoms. The van der Waals surface area contributed by atoms with E-state index in [4.69, 9.17) is 5.11 Å². The lowest BCUT2D eigenvalue weighted by atomic mass is 10.2. The van der Waals surface area contributed by atoms with Crippen LogP contribution in [0.5, 0.6) is 0 Å². The molecule has 2 rings (SSSR count). The van der Waals surface area contributed by atoms with Gasteiger partial charge in [-0.05, 0) is 24.5 Å². The van der Waals surface area contributed by atoms with Crippen LogP contribution in [-0.2, 0) is 13.0 Å². The van der Waals surface area contributed by atoms with Crippen LogP contribution in [-0.4, -0.2) is 26.2 Å². The van der Waals surface area contributed by atoms with Gasteiger partial charge in [0.15, 0.2) is 5.65 Å². The molecule has 4 nitrogen and oxygen atoms in total. The summed E-state index contributed by atoms with van der Waals surface area (Å²) in [5.41, 5.74) is 1.90. The number of hydrogen-bond acceptors (Lipinski definition) is 3. The number of imidazole rings is 1. The van der Waals surface area contributed by atoms with Gasteiger partial charge in [0.25, 0.3) is 0 Å². The topological polar surface area (TPSA) is 50.9 Å². The lowest BCUT2D eigenvalue weighted by Crippen LogP contribution is -2.09. The second-order valence-corrected chi connectivity index (χ2v) is 4.71. The van der Waals surface area contributed by atoms with Gasteiger partial charge in [-0.3, -0.25) is 0 Å². The lowest BCUT2D eigenvalue weighted by molar-refractivity contribution is 0.286. The van der Waals surface area contributed by atoms with Crippen molar-refractivity contribution >= 4 is 11.2 Å². The predicted octanol–water partition coefficient (Wildman–Crippen LogP) is 2.01. The zero-order valence-electron chi connectivity index (χ0n) is 10.4. The molecule has 1 N–H and O–H groups in total. The summed E-state index contributed by atoms with van der Waals surface area (Å²) in [4.78, 5) is 8.99. The molecule has 0 atom stereocenters. The van der Waals surface area contributed by atoms with Crippen molar-refractivity contribution < 1.29 is 5.11 Å². The molecule has 0 aromatic carbocycles. The Kier molecular flexibility index (Phi) is 3.74. The molecule has 0 aliphatic heterocycles. The Morgan fingerprint density at radius 3 is 2.94 bits per heavy atom. The molecular weight excluding hydrogens is 214 g/mol. The first-order valence-electron chi connectivity index (χ1n) is 6.13. The Labute approximate surface area is 101 Å². The summed E-state index contributed by atoms with van der Waals surface area (Å²) in [6, 6.07) is 3.90. The minimum absolute atomic E-state index is 0.207. The summed E-state index contributed by atoms with van der Waals surface area (Å²) in [6.45, 7) is 5.50. The fraction of sp³-hybridized carbons (Fsp3) is 0.538. The minimum Gasteiger partial charge on any atom is -0.396 e. The first-order chi connectivity index (χ1) is 8.22. The highest BCUT2D eigenvalue weighted by molar-refractivity contribution is 5.71. The van der Waals surface area contributed by atoms with Gasteiger partial charge < -0.3 is 9.67 Å². The van der Waals surface area contributed by atoms with Crippen LogP contribution < -0.4 is 0 Å². The van der Waals surface area contributed by atoms with Gasteiger partial charge in [0.1, 0.15) is 11.3 Å². The normalized spacial score (nSPS) is 11.5. The fourth-order valence-electron chi connectivity index (χ4n) is 1.99. The molecular formula is C13H19N3O. The van der Waals surface area contributed by atoms with Crippen molar-refractivity contribution in [3.63, 3.8) is 0 Å². The Bertz CT molecular complexity index is 490. The Hall–Kier alpha value is -1.42. The highest BCUT2D eigenvalue weighted by Gasteiger charge is 2.11. The van der Waals surface area contributed by atoms with Crippen LogP contribution >= 0.6 is 0 Å². The van der Waals surface area contributed by atoms with Crippen molar-refractivity contribution in [2.45, 2.75) is 33.2 Å². The zero-order chi connectivity index (χ0) is 12.3. The predicted molar refractivity (Wildman–Crippen MR) is 67.8 cm³/mol. The highest BCUT2D eigenvalue weighted by atomic mass is 16.2. The summed E-state index contributed by atoms with van der Waals surface area (Å²) < 4.78 is 2.18. The van der Waals surface area contributed by atoms with Gasteiger partial charge in [0.05, 0.1) is 0 Å². The maximum Gasteiger partial charge on any atom is 0.159 e. The summed E-state index contributed by atoms with van der Waals surface area (Å²) >= 11 is 0. The Balaban J connectivity index is 2.41. The van der Waals surface area contributed by atoms with E-state index in [1.165, 1.54) is 0 Å². The SMILES string of the molecule is CC(C)Cn1c(CCCO)nc2cccnc21. The average Bonchev–Trinajstić information content (AvgIpc) is 2.64. The van der Waals surface area contributed by atoms with E-state index in [0.29, 0.717) is 5.92 Å². The van der Waals surface area contributed by atoms with Gasteiger partial charge in [0.2, 0.25) is 0 Å². The molecule has 0 unspecified atom stereocenters. The van der Waals surface area contributed by atoms with Crippen LogP contribution in [0.2, 0.25) is 0 Å². The van der Waals surface area contributed by atoms with E-state index in [2.05, 4.69) is 28.4 Å². The number of fused-ring (bicyclic) bond motifs is 1. The van der Waals surface area contributed by atoms with Gasteiger partial charge >= 0.3 is 0 Å². The summed E-state index contributed by atoms with van der Waals surface area (Å²) in [7, 11) is 0. The van der Waals surface area contributed by atoms with Gasteiger partial charge in [-0.1, -0.05) is 13.8 Å². The average molecular weight is 233 g/mol. The van der Waals surface area contributed by atoms with Crippen LogP contribution in [0.1, 0.15) is 26.1 Å². The quantitative estimate of drug-likeness (QED) is 0.859. The highest BCUT2D eigenvalue weighted by Crippen LogP contribution is 2.16. The smallest absolute Gasteiger partial charge is 0.159 e. The van der Waals surface area contributed by atoms with Gasteiger partial charge in [0, 0.05) is 25.8 Å². The number of hydrogen-bond donors (Lipinski definition) is 1. The van der Waals surface area contributed by atoms with E-state index in [-0.39, 0.29) is 6.61 Å². The minimum atomic E-state index is 0.207. The van der Waals surface area contributed by atoms with Crippen LogP contribution in [0, 0.1) is 5.92 Å². The third kappa shape index (κ3) is 2.64. The molecule has 0 bridgehead atoms. The Morgan fingerprint density at radius 2 is 2.24 bits per heavy atom. The van der Waals surface area contributed by atoms with E-state index in [1.54, 1.807) is 6.20 Å². The molecule has 2 aromatic rings. The van der Waals surface area contributed by atoms with Gasteiger partial charge in [-0.15, -0.1) is 0 Å². The van der Waals surface area contributed by atoms with Crippen LogP contribution in [0.3, 0.4) is 0 Å². The molecule has 2 aromatic heterocycles. The van der Waals surface area contributed by atoms with Crippen LogP contribution in [0.15, 0.2) is 18.3 Å². The maximum atomic E-state index is 8.92. The molecule has 0 spiro atoms. The van der Waals surface area contributed by atoms with Gasteiger partial charge in [-0.2, -0.15) is 0 Å². The maximum absolute atomic E-state index is 8.92. The Morgan fingerprint density at radius 1 is 1.41 bits per heavy atom. The molecule has 2 heterocycles. The number of aromatic nitrogens is 3. The molecule has 0 saturated carbocycles. The summed E-state index contributed by atoms with van der Waals surface area (Å²) in [5, 5.41) is 8.92. The van der Waals surface area contributed by atoms with E-state index in [9.17, 15) is 0 Å². The van der Waals surface area contributed by atoms with E-state index in [1.807, 2.05) is 12.1 Å². The summed E-state index contributed by atoms with van der Waals surface area (Å²) in [5.74, 6) is 1.59. The molecule has 4 heteroatoms. The zero-order valence-corrected chi connectivity index (χ0v) is 10.4. The number of aryl methyl sites for hydroxylation is 1. The van der Waals surface area contributed by atoms with Crippen molar-refractivity contribution in [2.24, 2.45) is 5.92 Å². The largest absolute Gasteiger partial charge is 0.396 e. The molecule has 0 aliphatic carbocycles. The fourth-order valence-corrected chi connectivity index (χ4v) is 1.99. The van der Waals surface area contributed by atoms with Crippen LogP contribution in [0.25, 0.3) is 11.2 Å². The van der Waals surface area contributed by atoms with Crippen LogP contribution in [0.4, 0.5) is 0 Å². The third-order valence-corrected chi connectivity index (χ3v) is 2.69. The standard InChI is InChI=1S/C13H19N3O/c1-10(2)9-16-12(6-4-8-17)15-11-5-3-7-14-13(11)16/h3,5,7,10,17H,4,6,8-9H2,1-2H3. The molecule has 0 radical (unpaired) electrons. The number of nitrogens with zero attached hydrogens (tertiary/aromatic N) is 3. The number of rotatable bonds is 5. The second kappa shape index (κ2) is 5.27. The van der Waals surface area contributed by atoms with Crippen molar-refractivity contribution in [3.8, 4) is 0 Å². The lowest BCUT2D eigenvalue weighted by Gasteiger charge is -2.10. The van der Waals surface area contributed by atoms with Crippen molar-refractivity contribution in [2.75, 3.05) is 6.61 Å². The summed E-state index contributed by atoms with van der Waals surface area (Å²) in [6.07, 6.45) is 3.36. The second-order valence-electron chi connectivity index (χ2n) is 4.71. The van der Waals surface area contributed by atoms with Crippen molar-refractivity contribution in [1.29, 1.82) is 0 Å². The number of pyridine rings is 1. The molecule has 0 amide bonds. The number of aliphatic hydroxyl groups excluding tert-OH is 1. The van der Waals surface area contributed by atoms with Gasteiger partial charge in [-0.25, -0.2) is 9.97 Å². The molecule has 0 fully saturated rings. The first-order valence-corrected chi connectivity index (χ1v) is 6.13. The van der Waals surface area contributed by atoms with E-state index < -0.39 is 0 Å². The van der Waals surface area contributed by atoms with Crippen molar-refractivity contribution in [3.05, 3.63) is 24.2 Å². The molecule has 0 saturated heterocycles.